The number of nitriles is 1. The maximum atomic E-state index is 9.56. The van der Waals surface area contributed by atoms with Crippen molar-refractivity contribution in [2.75, 3.05) is 69.3 Å². The molecule has 5 heterocycles. The smallest absolute Gasteiger partial charge is 0.128 e. The molecule has 0 saturated carbocycles. The molecule has 2 N–H and O–H groups in total. The minimum atomic E-state index is 0.0286. The molecule has 9 nitrogen and oxygen atoms in total. The minimum Gasteiger partial charge on any atom is -0.378 e. The first kappa shape index (κ1) is 26.0. The number of pyridine rings is 2. The maximum absolute atomic E-state index is 9.56. The van der Waals surface area contributed by atoms with E-state index in [1.165, 1.54) is 11.3 Å². The van der Waals surface area contributed by atoms with Crippen LogP contribution in [0.15, 0.2) is 48.8 Å². The number of hydrogen-bond acceptors (Lipinski definition) is 9. The molecule has 0 radical (unpaired) electrons. The van der Waals surface area contributed by atoms with Gasteiger partial charge in [-0.3, -0.25) is 9.88 Å². The van der Waals surface area contributed by atoms with Crippen LogP contribution in [0.25, 0.3) is 10.9 Å². The number of fused-ring (bicyclic) bond motifs is 2. The van der Waals surface area contributed by atoms with Crippen LogP contribution < -0.4 is 15.5 Å². The van der Waals surface area contributed by atoms with Crippen LogP contribution in [0.3, 0.4) is 0 Å². The number of aromatic nitrogens is 2. The predicted octanol–water partition coefficient (Wildman–Crippen LogP) is 2.10. The van der Waals surface area contributed by atoms with Crippen molar-refractivity contribution < 1.29 is 4.74 Å². The molecule has 3 fully saturated rings. The molecule has 9 heteroatoms. The van der Waals surface area contributed by atoms with Crippen LogP contribution in [0.4, 0.5) is 11.5 Å². The molecule has 3 aliphatic rings. The lowest BCUT2D eigenvalue weighted by Gasteiger charge is -2.51. The molecule has 0 aliphatic carbocycles. The fourth-order valence-electron chi connectivity index (χ4n) is 6.63. The average molecular weight is 527 g/mol. The van der Waals surface area contributed by atoms with E-state index in [0.717, 1.165) is 75.5 Å². The van der Waals surface area contributed by atoms with Gasteiger partial charge in [0.2, 0.25) is 0 Å². The third-order valence-electron chi connectivity index (χ3n) is 8.76. The number of nitrogens with two attached hydrogens (primary N) is 1. The number of anilines is 2. The number of nitrogens with zero attached hydrogens (tertiary/aromatic N) is 7. The van der Waals surface area contributed by atoms with E-state index in [4.69, 9.17) is 15.5 Å². The quantitative estimate of drug-likeness (QED) is 0.518. The fourth-order valence-corrected chi connectivity index (χ4v) is 6.63. The Labute approximate surface area is 230 Å². The Kier molecular flexibility index (Phi) is 7.36. The van der Waals surface area contributed by atoms with Crippen LogP contribution in [0, 0.1) is 11.3 Å². The Hall–Kier alpha value is -3.29. The zero-order valence-electron chi connectivity index (χ0n) is 22.9. The Morgan fingerprint density at radius 2 is 1.92 bits per heavy atom. The molecule has 3 aromatic rings. The lowest BCUT2D eigenvalue weighted by atomic mass is 10.0. The van der Waals surface area contributed by atoms with Gasteiger partial charge in [-0.15, -0.1) is 0 Å². The predicted molar refractivity (Wildman–Crippen MR) is 154 cm³/mol. The SMILES string of the molecule is COC1CN(c2ccc(CCN3CCN4C(C)CN(c5ccc(C#N)c6ncccc56)CC4C3)cn2)CC1N. The van der Waals surface area contributed by atoms with Crippen molar-refractivity contribution in [2.24, 2.45) is 5.73 Å². The Bertz CT molecular complexity index is 1340. The van der Waals surface area contributed by atoms with E-state index in [1.54, 1.807) is 13.3 Å². The summed E-state index contributed by atoms with van der Waals surface area (Å²) in [5, 5.41) is 10.6. The molecule has 3 aliphatic heterocycles. The summed E-state index contributed by atoms with van der Waals surface area (Å²) in [5.41, 5.74) is 10.1. The average Bonchev–Trinajstić information content (AvgIpc) is 3.36. The van der Waals surface area contributed by atoms with Crippen molar-refractivity contribution in [3.8, 4) is 6.07 Å². The maximum Gasteiger partial charge on any atom is 0.128 e. The van der Waals surface area contributed by atoms with Gasteiger partial charge in [-0.05, 0) is 49.2 Å². The van der Waals surface area contributed by atoms with E-state index in [-0.39, 0.29) is 12.1 Å². The second-order valence-corrected chi connectivity index (χ2v) is 11.2. The van der Waals surface area contributed by atoms with Crippen molar-refractivity contribution >= 4 is 22.4 Å². The summed E-state index contributed by atoms with van der Waals surface area (Å²) in [6.07, 6.45) is 4.85. The van der Waals surface area contributed by atoms with E-state index in [9.17, 15) is 5.26 Å². The van der Waals surface area contributed by atoms with Crippen molar-refractivity contribution in [2.45, 2.75) is 37.6 Å². The summed E-state index contributed by atoms with van der Waals surface area (Å²) in [4.78, 5) is 19.3. The highest BCUT2D eigenvalue weighted by Gasteiger charge is 2.36. The molecule has 39 heavy (non-hydrogen) atoms. The first-order valence-corrected chi connectivity index (χ1v) is 14.0. The molecule has 2 aromatic heterocycles. The Morgan fingerprint density at radius 3 is 2.69 bits per heavy atom. The number of benzene rings is 1. The number of ether oxygens (including phenoxy) is 1. The van der Waals surface area contributed by atoms with Gasteiger partial charge in [-0.25, -0.2) is 4.98 Å². The minimum absolute atomic E-state index is 0.0286. The van der Waals surface area contributed by atoms with Crippen molar-refractivity contribution in [3.63, 3.8) is 0 Å². The van der Waals surface area contributed by atoms with E-state index >= 15 is 0 Å². The summed E-state index contributed by atoms with van der Waals surface area (Å²) in [7, 11) is 1.72. The lowest BCUT2D eigenvalue weighted by Crippen LogP contribution is -2.65. The molecular weight excluding hydrogens is 488 g/mol. The highest BCUT2D eigenvalue weighted by atomic mass is 16.5. The summed E-state index contributed by atoms with van der Waals surface area (Å²) in [5.74, 6) is 0.976. The van der Waals surface area contributed by atoms with E-state index < -0.39 is 0 Å². The van der Waals surface area contributed by atoms with Gasteiger partial charge in [0.15, 0.2) is 0 Å². The number of hydrogen-bond donors (Lipinski definition) is 1. The summed E-state index contributed by atoms with van der Waals surface area (Å²) in [6, 6.07) is 15.7. The van der Waals surface area contributed by atoms with Crippen LogP contribution >= 0.6 is 0 Å². The van der Waals surface area contributed by atoms with Crippen LogP contribution in [-0.4, -0.2) is 103 Å². The second-order valence-electron chi connectivity index (χ2n) is 11.2. The molecule has 6 rings (SSSR count). The highest BCUT2D eigenvalue weighted by molar-refractivity contribution is 5.95. The molecular formula is C30H38N8O. The topological polar surface area (TPSA) is 97.8 Å². The van der Waals surface area contributed by atoms with Gasteiger partial charge in [0.1, 0.15) is 11.9 Å². The largest absolute Gasteiger partial charge is 0.378 e. The van der Waals surface area contributed by atoms with Crippen molar-refractivity contribution in [1.82, 2.24) is 19.8 Å². The van der Waals surface area contributed by atoms with Gasteiger partial charge in [0.05, 0.1) is 23.2 Å². The van der Waals surface area contributed by atoms with Crippen molar-refractivity contribution in [1.29, 1.82) is 5.26 Å². The lowest BCUT2D eigenvalue weighted by molar-refractivity contribution is 0.0356. The summed E-state index contributed by atoms with van der Waals surface area (Å²) < 4.78 is 5.49. The van der Waals surface area contributed by atoms with Crippen LogP contribution in [-0.2, 0) is 11.2 Å². The Balaban J connectivity index is 1.09. The fraction of sp³-hybridized carbons (Fsp3) is 0.500. The van der Waals surface area contributed by atoms with Gasteiger partial charge < -0.3 is 25.2 Å². The molecule has 4 atom stereocenters. The zero-order valence-corrected chi connectivity index (χ0v) is 22.9. The van der Waals surface area contributed by atoms with Gasteiger partial charge in [-0.1, -0.05) is 6.07 Å². The Morgan fingerprint density at radius 1 is 1.03 bits per heavy atom. The normalized spacial score (nSPS) is 26.1. The van der Waals surface area contributed by atoms with E-state index in [1.807, 2.05) is 18.3 Å². The third-order valence-corrected chi connectivity index (χ3v) is 8.76. The highest BCUT2D eigenvalue weighted by Crippen LogP contribution is 2.32. The molecule has 0 amide bonds. The first-order chi connectivity index (χ1) is 19.0. The monoisotopic (exact) mass is 526 g/mol. The number of piperazine rings is 2. The summed E-state index contributed by atoms with van der Waals surface area (Å²) >= 11 is 0. The first-order valence-electron chi connectivity index (χ1n) is 14.0. The molecule has 204 valence electrons. The second kappa shape index (κ2) is 11.1. The number of rotatable bonds is 6. The van der Waals surface area contributed by atoms with Gasteiger partial charge in [-0.2, -0.15) is 5.26 Å². The van der Waals surface area contributed by atoms with E-state index in [2.05, 4.69) is 61.8 Å². The molecule has 0 bridgehead atoms. The van der Waals surface area contributed by atoms with Crippen LogP contribution in [0.1, 0.15) is 18.1 Å². The van der Waals surface area contributed by atoms with Crippen molar-refractivity contribution in [3.05, 3.63) is 59.9 Å². The van der Waals surface area contributed by atoms with E-state index in [0.29, 0.717) is 17.6 Å². The van der Waals surface area contributed by atoms with Crippen LogP contribution in [0.2, 0.25) is 0 Å². The standard InChI is InChI=1S/C30H38N8O/c1-21-16-36(27-7-6-23(14-31)30-25(27)4-3-10-33-30)18-24-17-35(12-13-38(21)24)11-9-22-5-8-29(34-15-22)37-19-26(32)28(20-37)39-2/h3-8,10,15,21,24,26,28H,9,11-13,16-20,32H2,1-2H3. The number of methoxy groups -OCH3 is 1. The molecule has 4 unspecified atom stereocenters. The molecule has 3 saturated heterocycles. The third kappa shape index (κ3) is 5.18. The van der Waals surface area contributed by atoms with Crippen LogP contribution in [0.5, 0.6) is 0 Å². The molecule has 1 aromatic carbocycles. The summed E-state index contributed by atoms with van der Waals surface area (Å²) in [6.45, 7) is 10.2. The zero-order chi connectivity index (χ0) is 26.9. The molecule has 0 spiro atoms. The van der Waals surface area contributed by atoms with Gasteiger partial charge in [0, 0.05) is 95.0 Å². The van der Waals surface area contributed by atoms with Gasteiger partial charge >= 0.3 is 0 Å². The van der Waals surface area contributed by atoms with Gasteiger partial charge in [0.25, 0.3) is 0 Å².